The lowest BCUT2D eigenvalue weighted by Gasteiger charge is -2.21. The lowest BCUT2D eigenvalue weighted by atomic mass is 9.77. The van der Waals surface area contributed by atoms with Crippen LogP contribution in [0.4, 0.5) is 0 Å². The summed E-state index contributed by atoms with van der Waals surface area (Å²) in [7, 11) is 0. The molecular formula is C14H13NO5. The van der Waals surface area contributed by atoms with E-state index < -0.39 is 29.5 Å². The Labute approximate surface area is 114 Å². The van der Waals surface area contributed by atoms with Crippen molar-refractivity contribution in [3.05, 3.63) is 36.3 Å². The van der Waals surface area contributed by atoms with Gasteiger partial charge < -0.3 is 19.2 Å². The van der Waals surface area contributed by atoms with Crippen LogP contribution in [0.1, 0.15) is 5.76 Å². The Hall–Kier alpha value is -2.08. The summed E-state index contributed by atoms with van der Waals surface area (Å²) >= 11 is 0. The molecule has 104 valence electrons. The molecule has 4 heterocycles. The second-order valence-electron chi connectivity index (χ2n) is 5.51. The molecule has 2 bridgehead atoms. The van der Waals surface area contributed by atoms with Gasteiger partial charge in [-0.15, -0.1) is 0 Å². The molecule has 2 saturated heterocycles. The number of nitrogens with zero attached hydrogens (tertiary/aromatic N) is 1. The molecule has 0 radical (unpaired) electrons. The van der Waals surface area contributed by atoms with Gasteiger partial charge in [-0.05, 0) is 12.1 Å². The van der Waals surface area contributed by atoms with Crippen LogP contribution in [-0.4, -0.2) is 40.1 Å². The van der Waals surface area contributed by atoms with E-state index >= 15 is 0 Å². The minimum Gasteiger partial charge on any atom is -0.481 e. The number of carbonyl (C=O) groups excluding carboxylic acids is 1. The maximum Gasteiger partial charge on any atom is 0.310 e. The Morgan fingerprint density at radius 3 is 3.10 bits per heavy atom. The quantitative estimate of drug-likeness (QED) is 0.819. The van der Waals surface area contributed by atoms with Gasteiger partial charge in [0.1, 0.15) is 17.3 Å². The Morgan fingerprint density at radius 2 is 2.40 bits per heavy atom. The Bertz CT molecular complexity index is 607. The first-order valence-electron chi connectivity index (χ1n) is 6.52. The van der Waals surface area contributed by atoms with E-state index in [0.717, 1.165) is 0 Å². The van der Waals surface area contributed by atoms with Crippen LogP contribution in [0.15, 0.2) is 35.0 Å². The predicted molar refractivity (Wildman–Crippen MR) is 65.5 cm³/mol. The molecule has 6 heteroatoms. The van der Waals surface area contributed by atoms with Gasteiger partial charge in [-0.3, -0.25) is 9.59 Å². The van der Waals surface area contributed by atoms with E-state index in [1.54, 1.807) is 29.4 Å². The predicted octanol–water partition coefficient (Wildman–Crippen LogP) is 0.646. The molecule has 1 aromatic rings. The Kier molecular flexibility index (Phi) is 2.18. The summed E-state index contributed by atoms with van der Waals surface area (Å²) in [5, 5.41) is 9.34. The number of furan rings is 1. The standard InChI is InChI=1S/C14H13NO5/c16-12-11-10(13(17)18)9-3-4-14(11,20-9)7-15(12)6-8-2-1-5-19-8/h1-5,9-11H,6-7H2,(H,17,18)/t9-,10-,11+,14-/m0/s1. The molecule has 4 atom stereocenters. The van der Waals surface area contributed by atoms with E-state index in [2.05, 4.69) is 0 Å². The van der Waals surface area contributed by atoms with Crippen molar-refractivity contribution in [1.29, 1.82) is 0 Å². The number of carbonyl (C=O) groups is 2. The highest BCUT2D eigenvalue weighted by atomic mass is 16.5. The summed E-state index contributed by atoms with van der Waals surface area (Å²) in [6, 6.07) is 3.55. The number of hydrogen-bond acceptors (Lipinski definition) is 4. The topological polar surface area (TPSA) is 80.0 Å². The van der Waals surface area contributed by atoms with Gasteiger partial charge in [-0.1, -0.05) is 12.2 Å². The van der Waals surface area contributed by atoms with Gasteiger partial charge in [0, 0.05) is 0 Å². The van der Waals surface area contributed by atoms with Gasteiger partial charge in [0.05, 0.1) is 31.4 Å². The second kappa shape index (κ2) is 3.73. The van der Waals surface area contributed by atoms with Crippen molar-refractivity contribution in [3.8, 4) is 0 Å². The number of carboxylic acid groups (broad SMARTS) is 1. The summed E-state index contributed by atoms with van der Waals surface area (Å²) in [6.45, 7) is 0.728. The fraction of sp³-hybridized carbons (Fsp3) is 0.429. The van der Waals surface area contributed by atoms with Crippen LogP contribution < -0.4 is 0 Å². The molecular weight excluding hydrogens is 262 g/mol. The zero-order valence-corrected chi connectivity index (χ0v) is 10.6. The van der Waals surface area contributed by atoms with Gasteiger partial charge in [0.15, 0.2) is 0 Å². The monoisotopic (exact) mass is 275 g/mol. The smallest absolute Gasteiger partial charge is 0.310 e. The third-order valence-corrected chi connectivity index (χ3v) is 4.39. The molecule has 1 spiro atoms. The first-order chi connectivity index (χ1) is 9.61. The Balaban J connectivity index is 1.65. The van der Waals surface area contributed by atoms with Gasteiger partial charge in [0.2, 0.25) is 5.91 Å². The zero-order valence-electron chi connectivity index (χ0n) is 10.6. The summed E-state index contributed by atoms with van der Waals surface area (Å²) in [6.07, 6.45) is 4.69. The van der Waals surface area contributed by atoms with Crippen LogP contribution >= 0.6 is 0 Å². The van der Waals surface area contributed by atoms with E-state index in [1.807, 2.05) is 6.08 Å². The number of hydrogen-bond donors (Lipinski definition) is 1. The third kappa shape index (κ3) is 1.37. The summed E-state index contributed by atoms with van der Waals surface area (Å²) in [5.41, 5.74) is -0.766. The summed E-state index contributed by atoms with van der Waals surface area (Å²) in [4.78, 5) is 25.5. The van der Waals surface area contributed by atoms with Crippen molar-refractivity contribution in [3.63, 3.8) is 0 Å². The zero-order chi connectivity index (χ0) is 13.9. The molecule has 1 amide bonds. The Morgan fingerprint density at radius 1 is 1.55 bits per heavy atom. The highest BCUT2D eigenvalue weighted by Crippen LogP contribution is 2.52. The lowest BCUT2D eigenvalue weighted by Crippen LogP contribution is -2.39. The van der Waals surface area contributed by atoms with E-state index in [4.69, 9.17) is 9.15 Å². The molecule has 0 unspecified atom stereocenters. The van der Waals surface area contributed by atoms with Crippen LogP contribution in [0.2, 0.25) is 0 Å². The number of carboxylic acids is 1. The van der Waals surface area contributed by atoms with Gasteiger partial charge in [0.25, 0.3) is 0 Å². The lowest BCUT2D eigenvalue weighted by molar-refractivity contribution is -0.148. The molecule has 3 aliphatic rings. The molecule has 20 heavy (non-hydrogen) atoms. The first kappa shape index (κ1) is 11.7. The van der Waals surface area contributed by atoms with Crippen LogP contribution in [0.5, 0.6) is 0 Å². The molecule has 0 aliphatic carbocycles. The molecule has 1 aromatic heterocycles. The second-order valence-corrected chi connectivity index (χ2v) is 5.51. The van der Waals surface area contributed by atoms with Crippen molar-refractivity contribution in [2.24, 2.45) is 11.8 Å². The number of rotatable bonds is 3. The van der Waals surface area contributed by atoms with Gasteiger partial charge in [-0.25, -0.2) is 0 Å². The minimum absolute atomic E-state index is 0.166. The van der Waals surface area contributed by atoms with Crippen molar-refractivity contribution in [2.75, 3.05) is 6.54 Å². The van der Waals surface area contributed by atoms with Crippen molar-refractivity contribution < 1.29 is 23.8 Å². The molecule has 0 aromatic carbocycles. The van der Waals surface area contributed by atoms with Crippen molar-refractivity contribution >= 4 is 11.9 Å². The van der Waals surface area contributed by atoms with Crippen molar-refractivity contribution in [2.45, 2.75) is 18.2 Å². The molecule has 1 N–H and O–H groups in total. The molecule has 6 nitrogen and oxygen atoms in total. The average Bonchev–Trinajstić information content (AvgIpc) is 3.12. The van der Waals surface area contributed by atoms with Crippen LogP contribution in [0.3, 0.4) is 0 Å². The highest BCUT2D eigenvalue weighted by molar-refractivity contribution is 5.90. The fourth-order valence-electron chi connectivity index (χ4n) is 3.58. The van der Waals surface area contributed by atoms with Crippen LogP contribution in [0.25, 0.3) is 0 Å². The maximum atomic E-state index is 12.5. The van der Waals surface area contributed by atoms with E-state index in [-0.39, 0.29) is 5.91 Å². The summed E-state index contributed by atoms with van der Waals surface area (Å²) < 4.78 is 11.0. The van der Waals surface area contributed by atoms with Gasteiger partial charge >= 0.3 is 5.97 Å². The largest absolute Gasteiger partial charge is 0.481 e. The van der Waals surface area contributed by atoms with E-state index in [1.165, 1.54) is 0 Å². The number of ether oxygens (including phenoxy) is 1. The first-order valence-corrected chi connectivity index (χ1v) is 6.52. The van der Waals surface area contributed by atoms with E-state index in [9.17, 15) is 14.7 Å². The molecule has 2 fully saturated rings. The number of likely N-dealkylation sites (tertiary alicyclic amines) is 1. The van der Waals surface area contributed by atoms with E-state index in [0.29, 0.717) is 18.8 Å². The third-order valence-electron chi connectivity index (χ3n) is 4.39. The van der Waals surface area contributed by atoms with Crippen LogP contribution in [0, 0.1) is 11.8 Å². The van der Waals surface area contributed by atoms with Crippen LogP contribution in [-0.2, 0) is 20.9 Å². The molecule has 4 rings (SSSR count). The fourth-order valence-corrected chi connectivity index (χ4v) is 3.58. The van der Waals surface area contributed by atoms with Gasteiger partial charge in [-0.2, -0.15) is 0 Å². The molecule has 0 saturated carbocycles. The average molecular weight is 275 g/mol. The SMILES string of the molecule is O=C(O)[C@H]1[C@@H]2C=C[C@@]3(CN(Cc4ccco4)C(=O)[C@@H]13)O2. The summed E-state index contributed by atoms with van der Waals surface area (Å²) in [5.74, 6) is -1.86. The number of aliphatic carboxylic acids is 1. The normalized spacial score (nSPS) is 37.7. The number of fused-ring (bicyclic) bond motifs is 1. The van der Waals surface area contributed by atoms with Crippen molar-refractivity contribution in [1.82, 2.24) is 4.90 Å². The molecule has 3 aliphatic heterocycles. The highest BCUT2D eigenvalue weighted by Gasteiger charge is 2.67. The maximum absolute atomic E-state index is 12.5. The number of amides is 1. The minimum atomic E-state index is -0.973.